The van der Waals surface area contributed by atoms with Crippen LogP contribution < -0.4 is 10.6 Å². The second kappa shape index (κ2) is 7.11. The Morgan fingerprint density at radius 1 is 1.08 bits per heavy atom. The molecule has 0 bridgehead atoms. The van der Waals surface area contributed by atoms with Crippen LogP contribution in [0.25, 0.3) is 0 Å². The maximum Gasteiger partial charge on any atom is 0.416 e. The van der Waals surface area contributed by atoms with Gasteiger partial charge < -0.3 is 15.5 Å². The van der Waals surface area contributed by atoms with Gasteiger partial charge in [-0.3, -0.25) is 0 Å². The summed E-state index contributed by atoms with van der Waals surface area (Å²) >= 11 is 0. The normalized spacial score (nSPS) is 19.6. The number of likely N-dealkylation sites (tertiary alicyclic amines) is 1. The monoisotopic (exact) mass is 369 g/mol. The number of piperidine rings is 1. The average molecular weight is 369 g/mol. The number of hydrogen-bond acceptors (Lipinski definition) is 2. The predicted octanol–water partition coefficient (Wildman–Crippen LogP) is 3.94. The summed E-state index contributed by atoms with van der Waals surface area (Å²) in [5, 5.41) is 4.62. The largest absolute Gasteiger partial charge is 0.416 e. The second-order valence-corrected chi connectivity index (χ2v) is 5.99. The maximum absolute atomic E-state index is 12.8. The topological polar surface area (TPSA) is 44.4 Å². The summed E-state index contributed by atoms with van der Waals surface area (Å²) < 4.78 is 76.7. The summed E-state index contributed by atoms with van der Waals surface area (Å²) in [5.74, 6) is 0. The van der Waals surface area contributed by atoms with Crippen LogP contribution in [-0.2, 0) is 12.4 Å². The Kier molecular flexibility index (Phi) is 5.50. The van der Waals surface area contributed by atoms with Crippen molar-refractivity contribution < 1.29 is 31.1 Å². The van der Waals surface area contributed by atoms with Crippen molar-refractivity contribution in [2.24, 2.45) is 0 Å². The summed E-state index contributed by atoms with van der Waals surface area (Å²) in [5.41, 5.74) is -3.52. The van der Waals surface area contributed by atoms with Crippen LogP contribution in [0, 0.1) is 0 Å². The van der Waals surface area contributed by atoms with Gasteiger partial charge >= 0.3 is 18.4 Å². The Morgan fingerprint density at radius 2 is 1.64 bits per heavy atom. The fourth-order valence-electron chi connectivity index (χ4n) is 2.66. The Labute approximate surface area is 140 Å². The van der Waals surface area contributed by atoms with Gasteiger partial charge in [0.15, 0.2) is 0 Å². The third-order valence-electron chi connectivity index (χ3n) is 3.81. The Morgan fingerprint density at radius 3 is 2.12 bits per heavy atom. The van der Waals surface area contributed by atoms with E-state index >= 15 is 0 Å². The number of anilines is 1. The Hall–Kier alpha value is -1.97. The van der Waals surface area contributed by atoms with E-state index < -0.39 is 35.2 Å². The molecule has 1 fully saturated rings. The van der Waals surface area contributed by atoms with Crippen molar-refractivity contribution in [1.82, 2.24) is 10.2 Å². The van der Waals surface area contributed by atoms with Crippen molar-refractivity contribution in [1.29, 1.82) is 0 Å². The van der Waals surface area contributed by atoms with Gasteiger partial charge in [-0.25, -0.2) is 4.79 Å². The summed E-state index contributed by atoms with van der Waals surface area (Å²) in [7, 11) is 1.86. The Bertz CT molecular complexity index is 596. The minimum absolute atomic E-state index is 0.0131. The van der Waals surface area contributed by atoms with Crippen LogP contribution in [0.3, 0.4) is 0 Å². The zero-order chi connectivity index (χ0) is 18.8. The molecule has 1 aromatic rings. The molecule has 25 heavy (non-hydrogen) atoms. The van der Waals surface area contributed by atoms with E-state index in [1.165, 1.54) is 0 Å². The fraction of sp³-hybridized carbons (Fsp3) is 0.533. The highest BCUT2D eigenvalue weighted by Gasteiger charge is 2.37. The molecule has 0 unspecified atom stereocenters. The molecular formula is C15H17F6N3O. The molecule has 0 radical (unpaired) electrons. The molecule has 10 heteroatoms. The molecule has 1 aliphatic rings. The van der Waals surface area contributed by atoms with Crippen molar-refractivity contribution in [3.05, 3.63) is 29.3 Å². The first-order valence-electron chi connectivity index (χ1n) is 7.50. The molecule has 2 rings (SSSR count). The molecule has 0 aliphatic carbocycles. The number of benzene rings is 1. The zero-order valence-electron chi connectivity index (χ0n) is 13.3. The average Bonchev–Trinajstić information content (AvgIpc) is 2.44. The Balaban J connectivity index is 2.16. The summed E-state index contributed by atoms with van der Waals surface area (Å²) in [6.07, 6.45) is -8.39. The lowest BCUT2D eigenvalue weighted by Crippen LogP contribution is -2.47. The lowest BCUT2D eigenvalue weighted by molar-refractivity contribution is -0.143. The SMILES string of the molecule is CN1CCC[C@H](NC(=O)Nc2cc(C(F)(F)F)cc(C(F)(F)F)c2)C1. The van der Waals surface area contributed by atoms with Gasteiger partial charge in [0.1, 0.15) is 0 Å². The van der Waals surface area contributed by atoms with E-state index in [0.29, 0.717) is 25.1 Å². The first kappa shape index (κ1) is 19.4. The summed E-state index contributed by atoms with van der Waals surface area (Å²) in [6, 6.07) is -0.0950. The molecule has 1 heterocycles. The maximum atomic E-state index is 12.8. The fourth-order valence-corrected chi connectivity index (χ4v) is 2.66. The number of rotatable bonds is 2. The number of carbonyl (C=O) groups excluding carboxylic acids is 1. The smallest absolute Gasteiger partial charge is 0.334 e. The van der Waals surface area contributed by atoms with E-state index in [1.807, 2.05) is 11.9 Å². The van der Waals surface area contributed by atoms with E-state index in [9.17, 15) is 31.1 Å². The summed E-state index contributed by atoms with van der Waals surface area (Å²) in [4.78, 5) is 13.9. The van der Waals surface area contributed by atoms with Gasteiger partial charge in [-0.1, -0.05) is 0 Å². The van der Waals surface area contributed by atoms with Gasteiger partial charge in [0.25, 0.3) is 0 Å². The number of nitrogens with one attached hydrogen (secondary N) is 2. The van der Waals surface area contributed by atoms with Gasteiger partial charge in [0, 0.05) is 18.3 Å². The van der Waals surface area contributed by atoms with Crippen LogP contribution in [0.2, 0.25) is 0 Å². The number of hydrogen-bond donors (Lipinski definition) is 2. The number of likely N-dealkylation sites (N-methyl/N-ethyl adjacent to an activating group) is 1. The number of alkyl halides is 6. The number of nitrogens with zero attached hydrogens (tertiary/aromatic N) is 1. The molecule has 4 nitrogen and oxygen atoms in total. The highest BCUT2D eigenvalue weighted by Crippen LogP contribution is 2.37. The lowest BCUT2D eigenvalue weighted by Gasteiger charge is -2.30. The molecule has 2 N–H and O–H groups in total. The second-order valence-electron chi connectivity index (χ2n) is 5.99. The quantitative estimate of drug-likeness (QED) is 0.776. The molecule has 1 aliphatic heterocycles. The number of halogens is 6. The molecule has 2 amide bonds. The van der Waals surface area contributed by atoms with Gasteiger partial charge in [0.05, 0.1) is 11.1 Å². The van der Waals surface area contributed by atoms with Gasteiger partial charge in [-0.15, -0.1) is 0 Å². The van der Waals surface area contributed by atoms with E-state index in [1.54, 1.807) is 0 Å². The van der Waals surface area contributed by atoms with Gasteiger partial charge in [-0.2, -0.15) is 26.3 Å². The van der Waals surface area contributed by atoms with Crippen LogP contribution >= 0.6 is 0 Å². The standard InChI is InChI=1S/C15H17F6N3O/c1-24-4-2-3-11(8-24)22-13(25)23-12-6-9(14(16,17)18)5-10(7-12)15(19,20)21/h5-7,11H,2-4,8H2,1H3,(H2,22,23,25)/t11-/m0/s1. The molecule has 0 saturated carbocycles. The van der Waals surface area contributed by atoms with Gasteiger partial charge in [0.2, 0.25) is 0 Å². The molecule has 1 saturated heterocycles. The van der Waals surface area contributed by atoms with E-state index in [2.05, 4.69) is 10.6 Å². The highest BCUT2D eigenvalue weighted by atomic mass is 19.4. The third kappa shape index (κ3) is 5.52. The van der Waals surface area contributed by atoms with Crippen LogP contribution in [0.4, 0.5) is 36.8 Å². The first-order valence-corrected chi connectivity index (χ1v) is 7.50. The van der Waals surface area contributed by atoms with Crippen molar-refractivity contribution >= 4 is 11.7 Å². The lowest BCUT2D eigenvalue weighted by atomic mass is 10.1. The minimum atomic E-state index is -4.96. The van der Waals surface area contributed by atoms with Crippen molar-refractivity contribution in [2.45, 2.75) is 31.2 Å². The number of urea groups is 1. The van der Waals surface area contributed by atoms with Gasteiger partial charge in [-0.05, 0) is 44.6 Å². The number of amides is 2. The minimum Gasteiger partial charge on any atom is -0.334 e. The van der Waals surface area contributed by atoms with Crippen molar-refractivity contribution in [2.75, 3.05) is 25.5 Å². The molecule has 1 aromatic carbocycles. The molecule has 0 aromatic heterocycles. The molecule has 0 spiro atoms. The van der Waals surface area contributed by atoms with E-state index in [4.69, 9.17) is 0 Å². The summed E-state index contributed by atoms with van der Waals surface area (Å²) in [6.45, 7) is 1.42. The van der Waals surface area contributed by atoms with Crippen LogP contribution in [0.1, 0.15) is 24.0 Å². The van der Waals surface area contributed by atoms with Crippen LogP contribution in [0.15, 0.2) is 18.2 Å². The van der Waals surface area contributed by atoms with E-state index in [0.717, 1.165) is 13.0 Å². The van der Waals surface area contributed by atoms with Crippen molar-refractivity contribution in [3.63, 3.8) is 0 Å². The molecule has 140 valence electrons. The van der Waals surface area contributed by atoms with Crippen molar-refractivity contribution in [3.8, 4) is 0 Å². The molecule has 1 atom stereocenters. The number of carbonyl (C=O) groups is 1. The molecular weight excluding hydrogens is 352 g/mol. The predicted molar refractivity (Wildman–Crippen MR) is 79.1 cm³/mol. The highest BCUT2D eigenvalue weighted by molar-refractivity contribution is 5.89. The van der Waals surface area contributed by atoms with E-state index in [-0.39, 0.29) is 12.1 Å². The first-order chi connectivity index (χ1) is 11.4. The zero-order valence-corrected chi connectivity index (χ0v) is 13.3. The van der Waals surface area contributed by atoms with Crippen LogP contribution in [0.5, 0.6) is 0 Å². The van der Waals surface area contributed by atoms with Crippen LogP contribution in [-0.4, -0.2) is 37.1 Å². The third-order valence-corrected chi connectivity index (χ3v) is 3.81.